The van der Waals surface area contributed by atoms with Gasteiger partial charge in [-0.15, -0.1) is 0 Å². The van der Waals surface area contributed by atoms with Crippen LogP contribution in [0.15, 0.2) is 11.0 Å². The number of anilines is 1. The zero-order valence-electron chi connectivity index (χ0n) is 11.4. The van der Waals surface area contributed by atoms with E-state index in [2.05, 4.69) is 0 Å². The van der Waals surface area contributed by atoms with Gasteiger partial charge in [0.15, 0.2) is 0 Å². The van der Waals surface area contributed by atoms with Gasteiger partial charge in [0.2, 0.25) is 10.0 Å². The lowest BCUT2D eigenvalue weighted by molar-refractivity contribution is 0.452. The summed E-state index contributed by atoms with van der Waals surface area (Å²) in [6.45, 7) is 3.65. The highest BCUT2D eigenvalue weighted by atomic mass is 32.2. The Morgan fingerprint density at radius 2 is 2.00 bits per heavy atom. The van der Waals surface area contributed by atoms with Gasteiger partial charge in [0, 0.05) is 13.6 Å². The SMILES string of the molecule is Cc1cc(F)c(N)c(C)c1S(=O)(=O)N(C)CC1CC1. The van der Waals surface area contributed by atoms with Crippen LogP contribution < -0.4 is 5.73 Å². The first-order valence-electron chi connectivity index (χ1n) is 6.26. The van der Waals surface area contributed by atoms with Crippen molar-refractivity contribution < 1.29 is 12.8 Å². The van der Waals surface area contributed by atoms with Gasteiger partial charge >= 0.3 is 0 Å². The van der Waals surface area contributed by atoms with Gasteiger partial charge in [-0.3, -0.25) is 0 Å². The molecule has 6 heteroatoms. The third kappa shape index (κ3) is 2.60. The fourth-order valence-corrected chi connectivity index (χ4v) is 3.93. The number of nitrogens with two attached hydrogens (primary N) is 1. The molecule has 0 radical (unpaired) electrons. The molecule has 0 aromatic heterocycles. The van der Waals surface area contributed by atoms with Crippen LogP contribution in [-0.4, -0.2) is 26.3 Å². The molecular formula is C13H19FN2O2S. The molecule has 0 saturated heterocycles. The molecule has 1 aliphatic rings. The highest BCUT2D eigenvalue weighted by Crippen LogP contribution is 2.33. The fraction of sp³-hybridized carbons (Fsp3) is 0.538. The lowest BCUT2D eigenvalue weighted by Crippen LogP contribution is -2.30. The summed E-state index contributed by atoms with van der Waals surface area (Å²) < 4.78 is 39.9. The summed E-state index contributed by atoms with van der Waals surface area (Å²) in [7, 11) is -2.05. The van der Waals surface area contributed by atoms with Gasteiger partial charge in [-0.05, 0) is 49.8 Å². The summed E-state index contributed by atoms with van der Waals surface area (Å²) in [5.41, 5.74) is 6.20. The maximum absolute atomic E-state index is 13.5. The number of nitrogen functional groups attached to an aromatic ring is 1. The molecular weight excluding hydrogens is 267 g/mol. The second kappa shape index (κ2) is 4.76. The molecule has 0 heterocycles. The van der Waals surface area contributed by atoms with Crippen LogP contribution in [0.5, 0.6) is 0 Å². The van der Waals surface area contributed by atoms with E-state index in [4.69, 9.17) is 5.73 Å². The quantitative estimate of drug-likeness (QED) is 0.862. The van der Waals surface area contributed by atoms with Gasteiger partial charge in [0.05, 0.1) is 10.6 Å². The molecule has 106 valence electrons. The minimum absolute atomic E-state index is 0.0935. The Labute approximate surface area is 113 Å². The molecule has 0 atom stereocenters. The average Bonchev–Trinajstić information content (AvgIpc) is 3.09. The lowest BCUT2D eigenvalue weighted by atomic mass is 10.1. The topological polar surface area (TPSA) is 63.4 Å². The predicted molar refractivity (Wildman–Crippen MR) is 72.8 cm³/mol. The first-order chi connectivity index (χ1) is 8.75. The monoisotopic (exact) mass is 286 g/mol. The summed E-state index contributed by atoms with van der Waals surface area (Å²) in [5, 5.41) is 0. The molecule has 2 rings (SSSR count). The Kier molecular flexibility index (Phi) is 3.57. The zero-order chi connectivity index (χ0) is 14.4. The highest BCUT2D eigenvalue weighted by Gasteiger charge is 2.31. The van der Waals surface area contributed by atoms with Gasteiger partial charge in [0.25, 0.3) is 0 Å². The molecule has 0 amide bonds. The van der Waals surface area contributed by atoms with Crippen molar-refractivity contribution >= 4 is 15.7 Å². The summed E-state index contributed by atoms with van der Waals surface area (Å²) in [5.74, 6) is -0.114. The fourth-order valence-electron chi connectivity index (χ4n) is 2.25. The van der Waals surface area contributed by atoms with Crippen LogP contribution in [0.4, 0.5) is 10.1 Å². The molecule has 1 fully saturated rings. The largest absolute Gasteiger partial charge is 0.396 e. The lowest BCUT2D eigenvalue weighted by Gasteiger charge is -2.20. The first kappa shape index (κ1) is 14.3. The number of nitrogens with zero attached hydrogens (tertiary/aromatic N) is 1. The minimum Gasteiger partial charge on any atom is -0.396 e. The van der Waals surface area contributed by atoms with E-state index < -0.39 is 15.8 Å². The van der Waals surface area contributed by atoms with Gasteiger partial charge in [-0.25, -0.2) is 17.1 Å². The van der Waals surface area contributed by atoms with Crippen molar-refractivity contribution in [1.82, 2.24) is 4.31 Å². The van der Waals surface area contributed by atoms with E-state index in [1.807, 2.05) is 0 Å². The molecule has 1 saturated carbocycles. The average molecular weight is 286 g/mol. The van der Waals surface area contributed by atoms with Gasteiger partial charge < -0.3 is 5.73 Å². The Hall–Kier alpha value is -1.14. The van der Waals surface area contributed by atoms with Crippen LogP contribution in [0.25, 0.3) is 0 Å². The van der Waals surface area contributed by atoms with Crippen LogP contribution >= 0.6 is 0 Å². The maximum Gasteiger partial charge on any atom is 0.243 e. The van der Waals surface area contributed by atoms with E-state index in [1.165, 1.54) is 10.4 Å². The molecule has 4 nitrogen and oxygen atoms in total. The smallest absolute Gasteiger partial charge is 0.243 e. The molecule has 1 aromatic rings. The van der Waals surface area contributed by atoms with Crippen molar-refractivity contribution in [1.29, 1.82) is 0 Å². The molecule has 0 unspecified atom stereocenters. The molecule has 19 heavy (non-hydrogen) atoms. The van der Waals surface area contributed by atoms with Crippen molar-refractivity contribution in [3.63, 3.8) is 0 Å². The summed E-state index contributed by atoms with van der Waals surface area (Å²) in [6, 6.07) is 1.18. The zero-order valence-corrected chi connectivity index (χ0v) is 12.2. The third-order valence-electron chi connectivity index (χ3n) is 3.58. The van der Waals surface area contributed by atoms with E-state index in [-0.39, 0.29) is 10.6 Å². The first-order valence-corrected chi connectivity index (χ1v) is 7.70. The summed E-state index contributed by atoms with van der Waals surface area (Å²) in [4.78, 5) is 0.134. The van der Waals surface area contributed by atoms with E-state index in [9.17, 15) is 12.8 Å². The Morgan fingerprint density at radius 1 is 1.42 bits per heavy atom. The van der Waals surface area contributed by atoms with Crippen LogP contribution in [-0.2, 0) is 10.0 Å². The normalized spacial score (nSPS) is 16.1. The van der Waals surface area contributed by atoms with Crippen molar-refractivity contribution in [2.75, 3.05) is 19.3 Å². The number of halogens is 1. The maximum atomic E-state index is 13.5. The molecule has 1 aromatic carbocycles. The second-order valence-corrected chi connectivity index (χ2v) is 7.25. The number of hydrogen-bond donors (Lipinski definition) is 1. The highest BCUT2D eigenvalue weighted by molar-refractivity contribution is 7.89. The van der Waals surface area contributed by atoms with Crippen LogP contribution in [0.2, 0.25) is 0 Å². The van der Waals surface area contributed by atoms with E-state index in [0.717, 1.165) is 12.8 Å². The van der Waals surface area contributed by atoms with Crippen molar-refractivity contribution in [3.8, 4) is 0 Å². The molecule has 0 spiro atoms. The minimum atomic E-state index is -3.61. The third-order valence-corrected chi connectivity index (χ3v) is 5.70. The molecule has 0 aliphatic heterocycles. The van der Waals surface area contributed by atoms with Crippen molar-refractivity contribution in [2.24, 2.45) is 5.92 Å². The van der Waals surface area contributed by atoms with Crippen LogP contribution in [0.1, 0.15) is 24.0 Å². The second-order valence-electron chi connectivity index (χ2n) is 5.27. The number of rotatable bonds is 4. The number of aryl methyl sites for hydroxylation is 1. The molecule has 2 N–H and O–H groups in total. The van der Waals surface area contributed by atoms with Crippen LogP contribution in [0.3, 0.4) is 0 Å². The van der Waals surface area contributed by atoms with Crippen molar-refractivity contribution in [3.05, 3.63) is 23.0 Å². The molecule has 1 aliphatic carbocycles. The van der Waals surface area contributed by atoms with Crippen LogP contribution in [0, 0.1) is 25.6 Å². The number of hydrogen-bond acceptors (Lipinski definition) is 3. The van der Waals surface area contributed by atoms with Gasteiger partial charge in [0.1, 0.15) is 5.82 Å². The summed E-state index contributed by atoms with van der Waals surface area (Å²) >= 11 is 0. The standard InChI is InChI=1S/C13H19FN2O2S/c1-8-6-11(14)12(15)9(2)13(8)19(17,18)16(3)7-10-4-5-10/h6,10H,4-5,7,15H2,1-3H3. The Balaban J connectivity index is 2.47. The van der Waals surface area contributed by atoms with Gasteiger partial charge in [-0.1, -0.05) is 0 Å². The summed E-state index contributed by atoms with van der Waals surface area (Å²) in [6.07, 6.45) is 2.15. The number of benzene rings is 1. The number of sulfonamides is 1. The molecule has 0 bridgehead atoms. The van der Waals surface area contributed by atoms with E-state index in [1.54, 1.807) is 20.9 Å². The van der Waals surface area contributed by atoms with Gasteiger partial charge in [-0.2, -0.15) is 0 Å². The Morgan fingerprint density at radius 3 is 2.53 bits per heavy atom. The Bertz CT molecular complexity index is 610. The van der Waals surface area contributed by atoms with E-state index >= 15 is 0 Å². The van der Waals surface area contributed by atoms with E-state index in [0.29, 0.717) is 23.6 Å². The predicted octanol–water partition coefficient (Wildman–Crippen LogP) is 2.06. The van der Waals surface area contributed by atoms with Crippen molar-refractivity contribution in [2.45, 2.75) is 31.6 Å².